The Morgan fingerprint density at radius 1 is 1.09 bits per heavy atom. The number of hydrogen-bond acceptors (Lipinski definition) is 6. The highest BCUT2D eigenvalue weighted by molar-refractivity contribution is 7.89. The first-order valence-corrected chi connectivity index (χ1v) is 9.58. The van der Waals surface area contributed by atoms with Crippen LogP contribution in [0.5, 0.6) is 0 Å². The van der Waals surface area contributed by atoms with Gasteiger partial charge in [-0.3, -0.25) is 0 Å². The fourth-order valence-electron chi connectivity index (χ4n) is 3.16. The minimum atomic E-state index is -3.25. The van der Waals surface area contributed by atoms with Gasteiger partial charge >= 0.3 is 0 Å². The number of aryl methyl sites for hydroxylation is 1. The number of sulfonamides is 1. The molecule has 1 aliphatic carbocycles. The van der Waals surface area contributed by atoms with E-state index in [4.69, 9.17) is 4.74 Å². The maximum atomic E-state index is 12.3. The molecule has 1 aromatic rings. The standard InChI is InChI=1S/C13H23N5O3S/c19-22(20,10-9-17-11-14-15-16-17)18-7-5-13(6-8-18)21-12-3-1-2-4-12/h11-13H,1-10H2. The molecule has 1 aliphatic heterocycles. The summed E-state index contributed by atoms with van der Waals surface area (Å²) in [6.07, 6.45) is 8.46. The van der Waals surface area contributed by atoms with Crippen LogP contribution in [-0.2, 0) is 21.3 Å². The lowest BCUT2D eigenvalue weighted by Crippen LogP contribution is -2.43. The largest absolute Gasteiger partial charge is 0.375 e. The Hall–Kier alpha value is -1.06. The molecule has 8 nitrogen and oxygen atoms in total. The average Bonchev–Trinajstić information content (AvgIpc) is 3.19. The van der Waals surface area contributed by atoms with Crippen LogP contribution in [0.4, 0.5) is 0 Å². The third-order valence-electron chi connectivity index (χ3n) is 4.45. The highest BCUT2D eigenvalue weighted by Crippen LogP contribution is 2.26. The van der Waals surface area contributed by atoms with E-state index >= 15 is 0 Å². The van der Waals surface area contributed by atoms with Crippen LogP contribution in [0, 0.1) is 0 Å². The summed E-state index contributed by atoms with van der Waals surface area (Å²) in [4.78, 5) is 0. The second-order valence-corrected chi connectivity index (χ2v) is 8.12. The van der Waals surface area contributed by atoms with Gasteiger partial charge in [0.1, 0.15) is 6.33 Å². The molecular formula is C13H23N5O3S. The predicted octanol–water partition coefficient (Wildman–Crippen LogP) is 0.426. The zero-order valence-corrected chi connectivity index (χ0v) is 13.5. The zero-order valence-electron chi connectivity index (χ0n) is 12.7. The zero-order chi connectivity index (χ0) is 15.4. The van der Waals surface area contributed by atoms with Crippen LogP contribution in [0.2, 0.25) is 0 Å². The van der Waals surface area contributed by atoms with Gasteiger partial charge in [0.2, 0.25) is 10.0 Å². The molecule has 1 aromatic heterocycles. The minimum absolute atomic E-state index is 0.0339. The van der Waals surface area contributed by atoms with Gasteiger partial charge in [0.15, 0.2) is 0 Å². The van der Waals surface area contributed by atoms with Crippen molar-refractivity contribution >= 4 is 10.0 Å². The highest BCUT2D eigenvalue weighted by Gasteiger charge is 2.30. The maximum Gasteiger partial charge on any atom is 0.215 e. The normalized spacial score (nSPS) is 22.4. The molecule has 2 heterocycles. The molecule has 22 heavy (non-hydrogen) atoms. The van der Waals surface area contributed by atoms with Crippen LogP contribution in [0.25, 0.3) is 0 Å². The fourth-order valence-corrected chi connectivity index (χ4v) is 4.61. The molecule has 9 heteroatoms. The van der Waals surface area contributed by atoms with Crippen LogP contribution >= 0.6 is 0 Å². The molecule has 2 aliphatic rings. The third-order valence-corrected chi connectivity index (χ3v) is 6.30. The minimum Gasteiger partial charge on any atom is -0.375 e. The number of ether oxygens (including phenoxy) is 1. The number of nitrogens with zero attached hydrogens (tertiary/aromatic N) is 5. The first-order valence-electron chi connectivity index (χ1n) is 7.97. The van der Waals surface area contributed by atoms with Gasteiger partial charge in [0.25, 0.3) is 0 Å². The Balaban J connectivity index is 1.45. The van der Waals surface area contributed by atoms with Crippen molar-refractivity contribution in [2.75, 3.05) is 18.8 Å². The molecule has 0 bridgehead atoms. The second kappa shape index (κ2) is 7.01. The Bertz CT molecular complexity index is 548. The Morgan fingerprint density at radius 2 is 1.77 bits per heavy atom. The van der Waals surface area contributed by atoms with E-state index in [2.05, 4.69) is 15.5 Å². The van der Waals surface area contributed by atoms with E-state index in [1.807, 2.05) is 0 Å². The van der Waals surface area contributed by atoms with E-state index in [1.54, 1.807) is 4.31 Å². The maximum absolute atomic E-state index is 12.3. The lowest BCUT2D eigenvalue weighted by atomic mass is 10.1. The molecule has 124 valence electrons. The second-order valence-electron chi connectivity index (χ2n) is 6.03. The van der Waals surface area contributed by atoms with E-state index in [-0.39, 0.29) is 18.4 Å². The Labute approximate surface area is 130 Å². The van der Waals surface area contributed by atoms with Gasteiger partial charge in [-0.2, -0.15) is 0 Å². The average molecular weight is 329 g/mol. The van der Waals surface area contributed by atoms with Gasteiger partial charge in [-0.1, -0.05) is 12.8 Å². The van der Waals surface area contributed by atoms with Gasteiger partial charge in [-0.05, 0) is 36.1 Å². The molecule has 0 amide bonds. The Morgan fingerprint density at radius 3 is 2.41 bits per heavy atom. The van der Waals surface area contributed by atoms with Crippen LogP contribution in [0.15, 0.2) is 6.33 Å². The number of hydrogen-bond donors (Lipinski definition) is 0. The number of aromatic nitrogens is 4. The van der Waals surface area contributed by atoms with Crippen LogP contribution in [0.3, 0.4) is 0 Å². The molecule has 1 saturated carbocycles. The topological polar surface area (TPSA) is 90.2 Å². The number of tetrazole rings is 1. The monoisotopic (exact) mass is 329 g/mol. The summed E-state index contributed by atoms with van der Waals surface area (Å²) >= 11 is 0. The van der Waals surface area contributed by atoms with Gasteiger partial charge in [-0.15, -0.1) is 5.10 Å². The van der Waals surface area contributed by atoms with E-state index in [9.17, 15) is 8.42 Å². The Kier molecular flexibility index (Phi) is 5.04. The molecule has 0 spiro atoms. The van der Waals surface area contributed by atoms with Gasteiger partial charge in [-0.25, -0.2) is 17.4 Å². The molecule has 0 atom stereocenters. The van der Waals surface area contributed by atoms with Crippen LogP contribution in [0.1, 0.15) is 38.5 Å². The third kappa shape index (κ3) is 4.02. The molecule has 0 unspecified atom stereocenters. The molecule has 0 radical (unpaired) electrons. The summed E-state index contributed by atoms with van der Waals surface area (Å²) in [6, 6.07) is 0. The predicted molar refractivity (Wildman–Crippen MR) is 79.5 cm³/mol. The van der Waals surface area contributed by atoms with E-state index in [0.29, 0.717) is 19.2 Å². The first-order chi connectivity index (χ1) is 10.6. The highest BCUT2D eigenvalue weighted by atomic mass is 32.2. The summed E-state index contributed by atoms with van der Waals surface area (Å²) < 4.78 is 33.8. The van der Waals surface area contributed by atoms with Crippen molar-refractivity contribution in [2.24, 2.45) is 0 Å². The van der Waals surface area contributed by atoms with Crippen molar-refractivity contribution in [1.29, 1.82) is 0 Å². The molecule has 2 fully saturated rings. The van der Waals surface area contributed by atoms with E-state index in [0.717, 1.165) is 25.7 Å². The lowest BCUT2D eigenvalue weighted by Gasteiger charge is -2.32. The summed E-state index contributed by atoms with van der Waals surface area (Å²) in [5.74, 6) is 0.0339. The van der Waals surface area contributed by atoms with Crippen molar-refractivity contribution in [3.63, 3.8) is 0 Å². The lowest BCUT2D eigenvalue weighted by molar-refractivity contribution is -0.0302. The molecular weight excluding hydrogens is 306 g/mol. The van der Waals surface area contributed by atoms with Crippen molar-refractivity contribution in [3.05, 3.63) is 6.33 Å². The molecule has 0 N–H and O–H groups in total. The summed E-state index contributed by atoms with van der Waals surface area (Å²) in [7, 11) is -3.25. The van der Waals surface area contributed by atoms with Gasteiger partial charge < -0.3 is 4.74 Å². The molecule has 3 rings (SSSR count). The summed E-state index contributed by atoms with van der Waals surface area (Å²) in [5, 5.41) is 10.7. The summed E-state index contributed by atoms with van der Waals surface area (Å²) in [5.41, 5.74) is 0. The van der Waals surface area contributed by atoms with Gasteiger partial charge in [0, 0.05) is 13.1 Å². The van der Waals surface area contributed by atoms with Crippen molar-refractivity contribution in [3.8, 4) is 0 Å². The van der Waals surface area contributed by atoms with Crippen molar-refractivity contribution in [1.82, 2.24) is 24.5 Å². The SMILES string of the molecule is O=S(=O)(CCn1cnnn1)N1CCC(OC2CCCC2)CC1. The smallest absolute Gasteiger partial charge is 0.215 e. The number of rotatable bonds is 6. The molecule has 1 saturated heterocycles. The summed E-state index contributed by atoms with van der Waals surface area (Å²) in [6.45, 7) is 1.39. The quantitative estimate of drug-likeness (QED) is 0.751. The van der Waals surface area contributed by atoms with Crippen LogP contribution in [-0.4, -0.2) is 64.0 Å². The van der Waals surface area contributed by atoms with Gasteiger partial charge in [0.05, 0.1) is 24.5 Å². The van der Waals surface area contributed by atoms with Crippen LogP contribution < -0.4 is 0 Å². The van der Waals surface area contributed by atoms with E-state index < -0.39 is 10.0 Å². The number of piperidine rings is 1. The fraction of sp³-hybridized carbons (Fsp3) is 0.923. The molecule has 0 aromatic carbocycles. The van der Waals surface area contributed by atoms with E-state index in [1.165, 1.54) is 23.9 Å². The van der Waals surface area contributed by atoms with Crippen molar-refractivity contribution in [2.45, 2.75) is 57.3 Å². The first kappa shape index (κ1) is 15.8. The van der Waals surface area contributed by atoms with Crippen molar-refractivity contribution < 1.29 is 13.2 Å².